The molecule has 6 heteroatoms. The molecule has 0 aliphatic carbocycles. The summed E-state index contributed by atoms with van der Waals surface area (Å²) in [6.07, 6.45) is 1.39. The van der Waals surface area contributed by atoms with Crippen LogP contribution in [-0.4, -0.2) is 17.1 Å². The third-order valence-electron chi connectivity index (χ3n) is 1.24. The highest BCUT2D eigenvalue weighted by atomic mass is 32.2. The van der Waals surface area contributed by atoms with E-state index < -0.39 is 5.51 Å². The van der Waals surface area contributed by atoms with E-state index in [0.29, 0.717) is 6.61 Å². The Morgan fingerprint density at radius 1 is 1.50 bits per heavy atom. The molecule has 1 heterocycles. The van der Waals surface area contributed by atoms with Gasteiger partial charge in [-0.2, -0.15) is 13.2 Å². The SMILES string of the molecule is CCOc1ncccc1SC(F)(F)F. The molecule has 2 nitrogen and oxygen atoms in total. The summed E-state index contributed by atoms with van der Waals surface area (Å²) in [5.74, 6) is 0.0253. The fraction of sp³-hybridized carbons (Fsp3) is 0.375. The minimum Gasteiger partial charge on any atom is -0.477 e. The third-order valence-corrected chi connectivity index (χ3v) is 2.01. The monoisotopic (exact) mass is 223 g/mol. The van der Waals surface area contributed by atoms with Crippen molar-refractivity contribution in [2.75, 3.05) is 6.61 Å². The van der Waals surface area contributed by atoms with Gasteiger partial charge in [0.15, 0.2) is 0 Å². The predicted octanol–water partition coefficient (Wildman–Crippen LogP) is 3.09. The number of aromatic nitrogens is 1. The van der Waals surface area contributed by atoms with E-state index in [-0.39, 0.29) is 22.5 Å². The molecule has 0 aliphatic rings. The van der Waals surface area contributed by atoms with Crippen LogP contribution in [0, 0.1) is 0 Å². The van der Waals surface area contributed by atoms with Crippen molar-refractivity contribution >= 4 is 11.8 Å². The summed E-state index contributed by atoms with van der Waals surface area (Å²) in [6.45, 7) is 1.99. The van der Waals surface area contributed by atoms with Crippen molar-refractivity contribution in [3.63, 3.8) is 0 Å². The maximum absolute atomic E-state index is 12.0. The molecule has 0 aromatic carbocycles. The number of alkyl halides is 3. The van der Waals surface area contributed by atoms with Crippen molar-refractivity contribution in [1.82, 2.24) is 4.98 Å². The highest BCUT2D eigenvalue weighted by Gasteiger charge is 2.31. The lowest BCUT2D eigenvalue weighted by molar-refractivity contribution is -0.0329. The first-order chi connectivity index (χ1) is 6.53. The van der Waals surface area contributed by atoms with Crippen LogP contribution < -0.4 is 4.74 Å². The quantitative estimate of drug-likeness (QED) is 0.735. The molecule has 0 N–H and O–H groups in total. The molecule has 0 saturated heterocycles. The zero-order valence-electron chi connectivity index (χ0n) is 7.34. The Hall–Kier alpha value is -0.910. The van der Waals surface area contributed by atoms with Gasteiger partial charge in [-0.15, -0.1) is 0 Å². The van der Waals surface area contributed by atoms with E-state index in [1.165, 1.54) is 18.3 Å². The molecule has 1 aromatic heterocycles. The Kier molecular flexibility index (Phi) is 3.62. The Morgan fingerprint density at radius 3 is 2.79 bits per heavy atom. The summed E-state index contributed by atoms with van der Waals surface area (Å²) in [4.78, 5) is 3.70. The molecule has 0 unspecified atom stereocenters. The van der Waals surface area contributed by atoms with E-state index in [0.717, 1.165) is 0 Å². The highest BCUT2D eigenvalue weighted by Crippen LogP contribution is 2.40. The number of rotatable bonds is 3. The van der Waals surface area contributed by atoms with Crippen LogP contribution in [0.25, 0.3) is 0 Å². The number of thioether (sulfide) groups is 1. The first-order valence-corrected chi connectivity index (χ1v) is 4.68. The maximum atomic E-state index is 12.0. The molecular formula is C8H8F3NOS. The van der Waals surface area contributed by atoms with Crippen LogP contribution >= 0.6 is 11.8 Å². The van der Waals surface area contributed by atoms with Crippen LogP contribution in [-0.2, 0) is 0 Å². The van der Waals surface area contributed by atoms with Crippen LogP contribution in [0.5, 0.6) is 5.88 Å². The second-order valence-corrected chi connectivity index (χ2v) is 3.39. The van der Waals surface area contributed by atoms with Gasteiger partial charge in [0.05, 0.1) is 11.5 Å². The maximum Gasteiger partial charge on any atom is 0.446 e. The first-order valence-electron chi connectivity index (χ1n) is 3.86. The lowest BCUT2D eigenvalue weighted by Gasteiger charge is -2.09. The van der Waals surface area contributed by atoms with Crippen LogP contribution in [0.4, 0.5) is 13.2 Å². The first kappa shape index (κ1) is 11.2. The summed E-state index contributed by atoms with van der Waals surface area (Å²) < 4.78 is 41.1. The molecule has 0 amide bonds. The van der Waals surface area contributed by atoms with Crippen molar-refractivity contribution in [2.45, 2.75) is 17.3 Å². The number of hydrogen-bond acceptors (Lipinski definition) is 3. The second kappa shape index (κ2) is 4.54. The Bertz CT molecular complexity index is 303. The zero-order chi connectivity index (χ0) is 10.6. The standard InChI is InChI=1S/C8H8F3NOS/c1-2-13-7-6(4-3-5-12-7)14-8(9,10)11/h3-5H,2H2,1H3. The third kappa shape index (κ3) is 3.45. The molecule has 78 valence electrons. The van der Waals surface area contributed by atoms with Crippen LogP contribution in [0.15, 0.2) is 23.2 Å². The molecule has 0 spiro atoms. The highest BCUT2D eigenvalue weighted by molar-refractivity contribution is 8.00. The van der Waals surface area contributed by atoms with Gasteiger partial charge in [0, 0.05) is 6.20 Å². The lowest BCUT2D eigenvalue weighted by atomic mass is 10.5. The fourth-order valence-electron chi connectivity index (χ4n) is 0.824. The average molecular weight is 223 g/mol. The van der Waals surface area contributed by atoms with Gasteiger partial charge in [-0.25, -0.2) is 4.98 Å². The summed E-state index contributed by atoms with van der Waals surface area (Å²) >= 11 is -0.220. The zero-order valence-corrected chi connectivity index (χ0v) is 8.15. The van der Waals surface area contributed by atoms with E-state index in [1.54, 1.807) is 6.92 Å². The molecule has 1 rings (SSSR count). The predicted molar refractivity (Wildman–Crippen MR) is 47.3 cm³/mol. The van der Waals surface area contributed by atoms with E-state index in [1.807, 2.05) is 0 Å². The molecule has 0 radical (unpaired) electrons. The number of halogens is 3. The summed E-state index contributed by atoms with van der Waals surface area (Å²) in [7, 11) is 0. The van der Waals surface area contributed by atoms with Gasteiger partial charge in [0.2, 0.25) is 5.88 Å². The van der Waals surface area contributed by atoms with Crippen molar-refractivity contribution in [3.8, 4) is 5.88 Å². The second-order valence-electron chi connectivity index (χ2n) is 2.29. The molecule has 0 bridgehead atoms. The van der Waals surface area contributed by atoms with Gasteiger partial charge in [-0.05, 0) is 30.8 Å². The number of pyridine rings is 1. The average Bonchev–Trinajstić information content (AvgIpc) is 2.06. The number of nitrogens with zero attached hydrogens (tertiary/aromatic N) is 1. The number of hydrogen-bond donors (Lipinski definition) is 0. The van der Waals surface area contributed by atoms with Gasteiger partial charge < -0.3 is 4.74 Å². The minimum atomic E-state index is -4.31. The molecule has 14 heavy (non-hydrogen) atoms. The Morgan fingerprint density at radius 2 is 2.21 bits per heavy atom. The van der Waals surface area contributed by atoms with E-state index >= 15 is 0 Å². The van der Waals surface area contributed by atoms with E-state index in [9.17, 15) is 13.2 Å². The van der Waals surface area contributed by atoms with Crippen molar-refractivity contribution < 1.29 is 17.9 Å². The fourth-order valence-corrected chi connectivity index (χ4v) is 1.42. The normalized spacial score (nSPS) is 11.4. The largest absolute Gasteiger partial charge is 0.477 e. The molecular weight excluding hydrogens is 215 g/mol. The van der Waals surface area contributed by atoms with Crippen LogP contribution in [0.1, 0.15) is 6.92 Å². The van der Waals surface area contributed by atoms with Gasteiger partial charge in [0.1, 0.15) is 0 Å². The number of ether oxygens (including phenoxy) is 1. The summed E-state index contributed by atoms with van der Waals surface area (Å²) in [6, 6.07) is 2.77. The van der Waals surface area contributed by atoms with Gasteiger partial charge in [-0.3, -0.25) is 0 Å². The molecule has 0 aliphatic heterocycles. The smallest absolute Gasteiger partial charge is 0.446 e. The van der Waals surface area contributed by atoms with Crippen LogP contribution in [0.2, 0.25) is 0 Å². The molecule has 0 atom stereocenters. The van der Waals surface area contributed by atoms with Crippen molar-refractivity contribution in [1.29, 1.82) is 0 Å². The molecule has 0 saturated carbocycles. The lowest BCUT2D eigenvalue weighted by Crippen LogP contribution is -2.02. The molecule has 1 aromatic rings. The van der Waals surface area contributed by atoms with E-state index in [4.69, 9.17) is 4.74 Å². The molecule has 0 fully saturated rings. The summed E-state index contributed by atoms with van der Waals surface area (Å²) in [5.41, 5.74) is -4.31. The van der Waals surface area contributed by atoms with Crippen molar-refractivity contribution in [3.05, 3.63) is 18.3 Å². The summed E-state index contributed by atoms with van der Waals surface area (Å²) in [5, 5.41) is 0. The van der Waals surface area contributed by atoms with Gasteiger partial charge in [0.25, 0.3) is 0 Å². The van der Waals surface area contributed by atoms with Gasteiger partial charge in [-0.1, -0.05) is 0 Å². The van der Waals surface area contributed by atoms with Crippen LogP contribution in [0.3, 0.4) is 0 Å². The van der Waals surface area contributed by atoms with Gasteiger partial charge >= 0.3 is 5.51 Å². The minimum absolute atomic E-state index is 0.0122. The van der Waals surface area contributed by atoms with Crippen molar-refractivity contribution in [2.24, 2.45) is 0 Å². The topological polar surface area (TPSA) is 22.1 Å². The Labute approximate surface area is 83.5 Å². The van der Waals surface area contributed by atoms with E-state index in [2.05, 4.69) is 4.98 Å². The Balaban J connectivity index is 2.84.